The van der Waals surface area contributed by atoms with E-state index in [4.69, 9.17) is 4.74 Å². The average molecular weight is 399 g/mol. The molecule has 1 fully saturated rings. The van der Waals surface area contributed by atoms with Gasteiger partial charge >= 0.3 is 11.7 Å². The molecule has 3 heterocycles. The van der Waals surface area contributed by atoms with Gasteiger partial charge in [-0.2, -0.15) is 0 Å². The summed E-state index contributed by atoms with van der Waals surface area (Å²) < 4.78 is 11.7. The maximum atomic E-state index is 12.7. The SMILES string of the molecule is Cc1cc(C(=O)OCCCn2c(=O)c3c(ncn3C)n(C)c2=O)c(C)n1C1CC1. The fourth-order valence-electron chi connectivity index (χ4n) is 3.94. The van der Waals surface area contributed by atoms with Gasteiger partial charge in [0.2, 0.25) is 0 Å². The van der Waals surface area contributed by atoms with Gasteiger partial charge in [0, 0.05) is 38.1 Å². The smallest absolute Gasteiger partial charge is 0.339 e. The standard InChI is InChI=1S/C20H25N5O4/c1-12-10-15(13(2)25(12)14-6-7-14)19(27)29-9-5-8-24-18(26)16-17(21-11-22(16)3)23(4)20(24)28/h10-11,14H,5-9H2,1-4H3. The minimum Gasteiger partial charge on any atom is -0.462 e. The highest BCUT2D eigenvalue weighted by atomic mass is 16.5. The number of fused-ring (bicyclic) bond motifs is 1. The lowest BCUT2D eigenvalue weighted by Gasteiger charge is -2.10. The van der Waals surface area contributed by atoms with Crippen LogP contribution in [0.25, 0.3) is 11.2 Å². The van der Waals surface area contributed by atoms with Crippen molar-refractivity contribution in [2.45, 2.75) is 45.7 Å². The molecular formula is C20H25N5O4. The lowest BCUT2D eigenvalue weighted by molar-refractivity contribution is 0.0494. The van der Waals surface area contributed by atoms with E-state index < -0.39 is 5.69 Å². The first kappa shape index (κ1) is 19.2. The molecule has 0 unspecified atom stereocenters. The van der Waals surface area contributed by atoms with Crippen molar-refractivity contribution >= 4 is 17.1 Å². The molecule has 0 aromatic carbocycles. The van der Waals surface area contributed by atoms with Gasteiger partial charge in [-0.15, -0.1) is 0 Å². The lowest BCUT2D eigenvalue weighted by atomic mass is 10.2. The highest BCUT2D eigenvalue weighted by molar-refractivity contribution is 5.91. The number of carbonyl (C=O) groups is 1. The van der Waals surface area contributed by atoms with E-state index in [-0.39, 0.29) is 24.7 Å². The van der Waals surface area contributed by atoms with E-state index in [2.05, 4.69) is 9.55 Å². The molecule has 1 saturated carbocycles. The fraction of sp³-hybridized carbons (Fsp3) is 0.500. The Hall–Kier alpha value is -3.10. The van der Waals surface area contributed by atoms with Crippen LogP contribution in [0.15, 0.2) is 22.0 Å². The minimum absolute atomic E-state index is 0.130. The Morgan fingerprint density at radius 3 is 2.66 bits per heavy atom. The van der Waals surface area contributed by atoms with E-state index in [0.29, 0.717) is 29.2 Å². The van der Waals surface area contributed by atoms with Gasteiger partial charge in [-0.3, -0.25) is 13.9 Å². The Labute approximate surface area is 167 Å². The Morgan fingerprint density at radius 2 is 1.97 bits per heavy atom. The summed E-state index contributed by atoms with van der Waals surface area (Å²) in [5.74, 6) is -0.368. The number of imidazole rings is 1. The van der Waals surface area contributed by atoms with Crippen LogP contribution in [0.2, 0.25) is 0 Å². The van der Waals surface area contributed by atoms with Crippen molar-refractivity contribution in [1.82, 2.24) is 23.3 Å². The quantitative estimate of drug-likeness (QED) is 0.462. The van der Waals surface area contributed by atoms with E-state index in [1.54, 1.807) is 18.7 Å². The van der Waals surface area contributed by atoms with E-state index >= 15 is 0 Å². The minimum atomic E-state index is -0.430. The van der Waals surface area contributed by atoms with Crippen LogP contribution in [-0.4, -0.2) is 35.8 Å². The molecule has 29 heavy (non-hydrogen) atoms. The van der Waals surface area contributed by atoms with Gasteiger partial charge in [0.05, 0.1) is 18.5 Å². The molecule has 0 saturated heterocycles. The third kappa shape index (κ3) is 3.20. The van der Waals surface area contributed by atoms with Crippen LogP contribution in [0.4, 0.5) is 0 Å². The fourth-order valence-corrected chi connectivity index (χ4v) is 3.94. The molecule has 9 nitrogen and oxygen atoms in total. The summed E-state index contributed by atoms with van der Waals surface area (Å²) in [6.45, 7) is 4.24. The molecule has 0 amide bonds. The molecule has 0 N–H and O–H groups in total. The normalized spacial score (nSPS) is 13.9. The zero-order valence-corrected chi connectivity index (χ0v) is 17.1. The number of nitrogens with zero attached hydrogens (tertiary/aromatic N) is 5. The molecule has 3 aromatic heterocycles. The van der Waals surface area contributed by atoms with Crippen LogP contribution in [0.3, 0.4) is 0 Å². The lowest BCUT2D eigenvalue weighted by Crippen LogP contribution is -2.39. The summed E-state index contributed by atoms with van der Waals surface area (Å²) >= 11 is 0. The second-order valence-corrected chi connectivity index (χ2v) is 7.70. The van der Waals surface area contributed by atoms with Crippen LogP contribution in [0.5, 0.6) is 0 Å². The summed E-state index contributed by atoms with van der Waals surface area (Å²) in [7, 11) is 3.30. The molecule has 0 spiro atoms. The predicted octanol–water partition coefficient (Wildman–Crippen LogP) is 1.43. The van der Waals surface area contributed by atoms with Gasteiger partial charge < -0.3 is 13.9 Å². The van der Waals surface area contributed by atoms with Gasteiger partial charge in [0.25, 0.3) is 5.56 Å². The molecule has 1 aliphatic rings. The topological polar surface area (TPSA) is 93.1 Å². The van der Waals surface area contributed by atoms with Crippen molar-refractivity contribution in [2.24, 2.45) is 14.1 Å². The summed E-state index contributed by atoms with van der Waals surface area (Å²) in [5.41, 5.74) is 2.49. The first-order valence-electron chi connectivity index (χ1n) is 9.77. The maximum absolute atomic E-state index is 12.7. The zero-order chi connectivity index (χ0) is 20.9. The number of carbonyl (C=O) groups excluding carboxylic acids is 1. The number of hydrogen-bond donors (Lipinski definition) is 0. The second-order valence-electron chi connectivity index (χ2n) is 7.70. The molecule has 0 aliphatic heterocycles. The predicted molar refractivity (Wildman–Crippen MR) is 107 cm³/mol. The van der Waals surface area contributed by atoms with Crippen LogP contribution < -0.4 is 11.2 Å². The van der Waals surface area contributed by atoms with Crippen molar-refractivity contribution in [3.63, 3.8) is 0 Å². The highest BCUT2D eigenvalue weighted by Crippen LogP contribution is 2.38. The first-order chi connectivity index (χ1) is 13.8. The molecule has 154 valence electrons. The Balaban J connectivity index is 1.44. The first-order valence-corrected chi connectivity index (χ1v) is 9.77. The zero-order valence-electron chi connectivity index (χ0n) is 17.1. The van der Waals surface area contributed by atoms with Crippen molar-refractivity contribution < 1.29 is 9.53 Å². The molecule has 1 aliphatic carbocycles. The van der Waals surface area contributed by atoms with Crippen molar-refractivity contribution in [1.29, 1.82) is 0 Å². The Morgan fingerprint density at radius 1 is 1.24 bits per heavy atom. The monoisotopic (exact) mass is 399 g/mol. The highest BCUT2D eigenvalue weighted by Gasteiger charge is 2.28. The maximum Gasteiger partial charge on any atom is 0.339 e. The van der Waals surface area contributed by atoms with Crippen LogP contribution >= 0.6 is 0 Å². The van der Waals surface area contributed by atoms with Crippen molar-refractivity contribution in [3.8, 4) is 0 Å². The number of aryl methyl sites for hydroxylation is 3. The number of hydrogen-bond acceptors (Lipinski definition) is 5. The Bertz CT molecular complexity index is 1220. The molecular weight excluding hydrogens is 374 g/mol. The van der Waals surface area contributed by atoms with Crippen molar-refractivity contribution in [3.05, 3.63) is 50.2 Å². The third-order valence-electron chi connectivity index (χ3n) is 5.58. The largest absolute Gasteiger partial charge is 0.462 e. The van der Waals surface area contributed by atoms with E-state index in [9.17, 15) is 14.4 Å². The van der Waals surface area contributed by atoms with Gasteiger partial charge in [-0.1, -0.05) is 0 Å². The van der Waals surface area contributed by atoms with Gasteiger partial charge in [-0.05, 0) is 39.2 Å². The van der Waals surface area contributed by atoms with Gasteiger partial charge in [0.15, 0.2) is 11.2 Å². The molecule has 0 radical (unpaired) electrons. The second kappa shape index (κ2) is 7.06. The van der Waals surface area contributed by atoms with Gasteiger partial charge in [-0.25, -0.2) is 14.6 Å². The van der Waals surface area contributed by atoms with E-state index in [0.717, 1.165) is 28.8 Å². The number of ether oxygens (including phenoxy) is 1. The summed E-state index contributed by atoms with van der Waals surface area (Å²) in [4.78, 5) is 41.7. The molecule has 9 heteroatoms. The van der Waals surface area contributed by atoms with E-state index in [1.807, 2.05) is 19.9 Å². The number of aromatic nitrogens is 5. The molecule has 3 aromatic rings. The van der Waals surface area contributed by atoms with E-state index in [1.165, 1.54) is 10.9 Å². The molecule has 0 atom stereocenters. The summed E-state index contributed by atoms with van der Waals surface area (Å²) in [6, 6.07) is 2.37. The number of esters is 1. The molecule has 4 rings (SSSR count). The van der Waals surface area contributed by atoms with Crippen LogP contribution in [0.1, 0.15) is 47.1 Å². The summed E-state index contributed by atoms with van der Waals surface area (Å²) in [5, 5.41) is 0. The average Bonchev–Trinajstić information content (AvgIpc) is 3.36. The third-order valence-corrected chi connectivity index (χ3v) is 5.58. The van der Waals surface area contributed by atoms with Gasteiger partial charge in [0.1, 0.15) is 0 Å². The van der Waals surface area contributed by atoms with Crippen LogP contribution in [-0.2, 0) is 25.4 Å². The number of rotatable bonds is 6. The van der Waals surface area contributed by atoms with Crippen molar-refractivity contribution in [2.75, 3.05) is 6.61 Å². The Kier molecular flexibility index (Phi) is 4.68. The molecule has 0 bridgehead atoms. The van der Waals surface area contributed by atoms with Crippen LogP contribution in [0, 0.1) is 13.8 Å². The summed E-state index contributed by atoms with van der Waals surface area (Å²) in [6.07, 6.45) is 4.17.